The fraction of sp³-hybridized carbons (Fsp3) is 0.800. The van der Waals surface area contributed by atoms with E-state index < -0.39 is 5.97 Å². The van der Waals surface area contributed by atoms with Gasteiger partial charge in [0.25, 0.3) is 0 Å². The molecule has 5 heteroatoms. The second-order valence-electron chi connectivity index (χ2n) is 3.26. The van der Waals surface area contributed by atoms with Crippen LogP contribution < -0.4 is 0 Å². The topological polar surface area (TPSA) is 63.6 Å². The van der Waals surface area contributed by atoms with Crippen LogP contribution >= 0.6 is 0 Å². The lowest BCUT2D eigenvalue weighted by atomic mass is 10.2. The standard InChI is InChI=1S/C6H10O3.C4H10O.Al.3H/c1-3-9-6(8)4-5(2)7;1-4(2)3-5;;;;/h3-4H2,1-2H3;4-5H,3H2,1-2H3;;;;. The van der Waals surface area contributed by atoms with Gasteiger partial charge < -0.3 is 9.84 Å². The van der Waals surface area contributed by atoms with E-state index in [0.717, 1.165) is 0 Å². The lowest BCUT2D eigenvalue weighted by molar-refractivity contribution is -0.145. The summed E-state index contributed by atoms with van der Waals surface area (Å²) in [6.07, 6.45) is -0.103. The number of hydrogen-bond acceptors (Lipinski definition) is 4. The zero-order valence-electron chi connectivity index (χ0n) is 9.37. The molecule has 0 aromatic carbocycles. The van der Waals surface area contributed by atoms with Crippen molar-refractivity contribution in [1.82, 2.24) is 0 Å². The summed E-state index contributed by atoms with van der Waals surface area (Å²) >= 11 is 0. The molecule has 0 rings (SSSR count). The van der Waals surface area contributed by atoms with E-state index in [-0.39, 0.29) is 29.6 Å². The smallest absolute Gasteiger partial charge is 0.313 e. The van der Waals surface area contributed by atoms with Crippen LogP contribution in [0.5, 0.6) is 0 Å². The first-order chi connectivity index (χ1) is 6.43. The van der Waals surface area contributed by atoms with E-state index in [2.05, 4.69) is 4.74 Å². The van der Waals surface area contributed by atoms with E-state index in [1.54, 1.807) is 6.92 Å². The molecule has 0 fully saturated rings. The van der Waals surface area contributed by atoms with Crippen molar-refractivity contribution in [1.29, 1.82) is 0 Å². The van der Waals surface area contributed by atoms with Crippen LogP contribution in [0.25, 0.3) is 0 Å². The van der Waals surface area contributed by atoms with Gasteiger partial charge in [0.05, 0.1) is 6.61 Å². The van der Waals surface area contributed by atoms with Crippen molar-refractivity contribution >= 4 is 29.1 Å². The van der Waals surface area contributed by atoms with E-state index in [0.29, 0.717) is 19.1 Å². The number of rotatable bonds is 4. The Morgan fingerprint density at radius 1 is 1.33 bits per heavy atom. The number of Topliss-reactive ketones (excluding diaryl/α,β-unsaturated/α-hetero) is 1. The van der Waals surface area contributed by atoms with Gasteiger partial charge in [0.1, 0.15) is 12.2 Å². The van der Waals surface area contributed by atoms with Crippen LogP contribution in [0.4, 0.5) is 0 Å². The third-order valence-electron chi connectivity index (χ3n) is 1.06. The van der Waals surface area contributed by atoms with E-state index >= 15 is 0 Å². The van der Waals surface area contributed by atoms with E-state index in [1.807, 2.05) is 13.8 Å². The molecule has 0 radical (unpaired) electrons. The Hall–Kier alpha value is -0.368. The summed E-state index contributed by atoms with van der Waals surface area (Å²) in [5.74, 6) is -0.159. The predicted molar refractivity (Wildman–Crippen MR) is 63.8 cm³/mol. The molecule has 0 bridgehead atoms. The average molecular weight is 234 g/mol. The number of carbonyl (C=O) groups excluding carboxylic acids is 2. The average Bonchev–Trinajstić information content (AvgIpc) is 2.04. The maximum atomic E-state index is 10.4. The van der Waals surface area contributed by atoms with Crippen LogP contribution in [0.3, 0.4) is 0 Å². The molecule has 0 aliphatic rings. The van der Waals surface area contributed by atoms with Gasteiger partial charge in [-0.05, 0) is 19.8 Å². The third kappa shape index (κ3) is 24.8. The highest BCUT2D eigenvalue weighted by Crippen LogP contribution is 1.86. The summed E-state index contributed by atoms with van der Waals surface area (Å²) in [7, 11) is 0. The number of ether oxygens (including phenoxy) is 1. The fourth-order valence-corrected chi connectivity index (χ4v) is 0.415. The summed E-state index contributed by atoms with van der Waals surface area (Å²) in [4.78, 5) is 20.6. The first-order valence-electron chi connectivity index (χ1n) is 4.69. The zero-order valence-corrected chi connectivity index (χ0v) is 9.37. The molecular formula is C10H23AlO4. The Bertz CT molecular complexity index is 169. The summed E-state index contributed by atoms with van der Waals surface area (Å²) in [5, 5.41) is 8.14. The minimum Gasteiger partial charge on any atom is -0.466 e. The quantitative estimate of drug-likeness (QED) is 0.422. The van der Waals surface area contributed by atoms with Crippen molar-refractivity contribution in [3.63, 3.8) is 0 Å². The van der Waals surface area contributed by atoms with Crippen molar-refractivity contribution in [2.75, 3.05) is 13.2 Å². The molecule has 90 valence electrons. The molecule has 0 aromatic rings. The SMILES string of the molecule is CC(C)CO.CCOC(=O)CC(C)=O.[AlH3]. The highest BCUT2D eigenvalue weighted by molar-refractivity contribution is 5.94. The van der Waals surface area contributed by atoms with Gasteiger partial charge in [0.15, 0.2) is 17.4 Å². The molecule has 4 nitrogen and oxygen atoms in total. The molecule has 0 aliphatic heterocycles. The number of carbonyl (C=O) groups is 2. The third-order valence-corrected chi connectivity index (χ3v) is 1.06. The van der Waals surface area contributed by atoms with Gasteiger partial charge in [-0.15, -0.1) is 0 Å². The highest BCUT2D eigenvalue weighted by Gasteiger charge is 2.03. The summed E-state index contributed by atoms with van der Waals surface area (Å²) < 4.78 is 4.49. The van der Waals surface area contributed by atoms with Gasteiger partial charge in [0.2, 0.25) is 0 Å². The normalized spacial score (nSPS) is 8.40. The van der Waals surface area contributed by atoms with Gasteiger partial charge in [-0.3, -0.25) is 9.59 Å². The number of ketones is 1. The molecule has 0 aromatic heterocycles. The molecule has 0 unspecified atom stereocenters. The maximum Gasteiger partial charge on any atom is 0.313 e. The number of hydrogen-bond donors (Lipinski definition) is 1. The largest absolute Gasteiger partial charge is 0.466 e. The Morgan fingerprint density at radius 2 is 1.73 bits per heavy atom. The Morgan fingerprint density at radius 3 is 1.93 bits per heavy atom. The second-order valence-corrected chi connectivity index (χ2v) is 3.26. The van der Waals surface area contributed by atoms with Gasteiger partial charge in [-0.1, -0.05) is 13.8 Å². The van der Waals surface area contributed by atoms with Crippen LogP contribution in [-0.4, -0.2) is 47.4 Å². The first-order valence-corrected chi connectivity index (χ1v) is 4.69. The van der Waals surface area contributed by atoms with Gasteiger partial charge >= 0.3 is 5.97 Å². The van der Waals surface area contributed by atoms with Crippen molar-refractivity contribution in [2.24, 2.45) is 5.92 Å². The fourth-order valence-electron chi connectivity index (χ4n) is 0.415. The van der Waals surface area contributed by atoms with Crippen molar-refractivity contribution < 1.29 is 19.4 Å². The monoisotopic (exact) mass is 234 g/mol. The lowest BCUT2D eigenvalue weighted by Gasteiger charge is -1.96. The van der Waals surface area contributed by atoms with Crippen LogP contribution in [-0.2, 0) is 14.3 Å². The van der Waals surface area contributed by atoms with Crippen LogP contribution in [0.2, 0.25) is 0 Å². The molecular weight excluding hydrogens is 211 g/mol. The van der Waals surface area contributed by atoms with E-state index in [4.69, 9.17) is 5.11 Å². The van der Waals surface area contributed by atoms with Gasteiger partial charge in [-0.25, -0.2) is 0 Å². The molecule has 0 saturated heterocycles. The molecule has 15 heavy (non-hydrogen) atoms. The summed E-state index contributed by atoms with van der Waals surface area (Å²) in [6.45, 7) is 7.65. The second kappa shape index (κ2) is 13.6. The molecule has 0 atom stereocenters. The van der Waals surface area contributed by atoms with E-state index in [9.17, 15) is 9.59 Å². The Kier molecular flexibility index (Phi) is 18.3. The highest BCUT2D eigenvalue weighted by atomic mass is 27.0. The van der Waals surface area contributed by atoms with Gasteiger partial charge in [-0.2, -0.15) is 0 Å². The van der Waals surface area contributed by atoms with Crippen LogP contribution in [0, 0.1) is 5.92 Å². The zero-order chi connectivity index (χ0) is 11.6. The van der Waals surface area contributed by atoms with Gasteiger partial charge in [0, 0.05) is 6.61 Å². The molecule has 0 heterocycles. The summed E-state index contributed by atoms with van der Waals surface area (Å²) in [5.41, 5.74) is 0. The van der Waals surface area contributed by atoms with Crippen molar-refractivity contribution in [3.8, 4) is 0 Å². The lowest BCUT2D eigenvalue weighted by Crippen LogP contribution is -2.07. The molecule has 0 amide bonds. The maximum absolute atomic E-state index is 10.4. The van der Waals surface area contributed by atoms with E-state index in [1.165, 1.54) is 6.92 Å². The molecule has 0 aliphatic carbocycles. The molecule has 0 saturated carbocycles. The number of esters is 1. The minimum absolute atomic E-state index is 0. The van der Waals surface area contributed by atoms with Crippen molar-refractivity contribution in [2.45, 2.75) is 34.1 Å². The Labute approximate surface area is 102 Å². The van der Waals surface area contributed by atoms with Crippen molar-refractivity contribution in [3.05, 3.63) is 0 Å². The molecule has 0 spiro atoms. The number of aliphatic hydroxyl groups is 1. The minimum atomic E-state index is -0.440. The summed E-state index contributed by atoms with van der Waals surface area (Å²) in [6, 6.07) is 0. The Balaban J connectivity index is -0.000000208. The predicted octanol–water partition coefficient (Wildman–Crippen LogP) is -0.0206. The molecule has 1 N–H and O–H groups in total. The van der Waals surface area contributed by atoms with Crippen LogP contribution in [0.15, 0.2) is 0 Å². The number of aliphatic hydroxyl groups excluding tert-OH is 1. The first kappa shape index (κ1) is 20.1. The van der Waals surface area contributed by atoms with Crippen LogP contribution in [0.1, 0.15) is 34.1 Å².